The second-order valence-corrected chi connectivity index (χ2v) is 5.01. The van der Waals surface area contributed by atoms with Crippen LogP contribution in [0, 0.1) is 5.92 Å². The second-order valence-electron chi connectivity index (χ2n) is 5.01. The first kappa shape index (κ1) is 12.2. The van der Waals surface area contributed by atoms with E-state index in [-0.39, 0.29) is 17.5 Å². The molecule has 2 unspecified atom stereocenters. The number of nitrogens with zero attached hydrogens (tertiary/aromatic N) is 2. The van der Waals surface area contributed by atoms with E-state index in [0.29, 0.717) is 17.0 Å². The van der Waals surface area contributed by atoms with Crippen LogP contribution in [0.4, 0.5) is 0 Å². The molecule has 1 aliphatic heterocycles. The van der Waals surface area contributed by atoms with Crippen LogP contribution in [0.15, 0.2) is 17.1 Å². The summed E-state index contributed by atoms with van der Waals surface area (Å²) in [5.74, 6) is 0.541. The first-order chi connectivity index (χ1) is 9.17. The highest BCUT2D eigenvalue weighted by atomic mass is 16.5. The van der Waals surface area contributed by atoms with E-state index in [1.54, 1.807) is 10.9 Å². The van der Waals surface area contributed by atoms with Crippen LogP contribution in [0.25, 0.3) is 11.0 Å². The van der Waals surface area contributed by atoms with Gasteiger partial charge in [0.15, 0.2) is 17.5 Å². The molecule has 2 aromatic heterocycles. The number of aromatic nitrogens is 3. The van der Waals surface area contributed by atoms with Crippen LogP contribution in [0.5, 0.6) is 5.75 Å². The molecule has 2 aromatic rings. The number of fused-ring (bicyclic) bond motifs is 1. The molecule has 6 heteroatoms. The fraction of sp³-hybridized carbons (Fsp3) is 0.538. The van der Waals surface area contributed by atoms with E-state index in [0.717, 1.165) is 31.9 Å². The average Bonchev–Trinajstić information content (AvgIpc) is 2.83. The number of rotatable bonds is 2. The zero-order valence-electron chi connectivity index (χ0n) is 10.8. The zero-order valence-corrected chi connectivity index (χ0v) is 10.8. The van der Waals surface area contributed by atoms with Gasteiger partial charge in [0.25, 0.3) is 5.56 Å². The van der Waals surface area contributed by atoms with Crippen LogP contribution in [0.2, 0.25) is 0 Å². The molecule has 1 aliphatic rings. The van der Waals surface area contributed by atoms with Gasteiger partial charge in [-0.3, -0.25) is 4.79 Å². The SMILES string of the molecule is CCC1CCOC(n2cc3[nH]c(=O)cc(O)c3n2)C1. The van der Waals surface area contributed by atoms with Crippen molar-refractivity contribution in [1.82, 2.24) is 14.8 Å². The number of nitrogens with one attached hydrogen (secondary N) is 1. The maximum Gasteiger partial charge on any atom is 0.252 e. The van der Waals surface area contributed by atoms with Crippen molar-refractivity contribution in [3.63, 3.8) is 0 Å². The number of ether oxygens (including phenoxy) is 1. The van der Waals surface area contributed by atoms with Gasteiger partial charge in [-0.15, -0.1) is 0 Å². The summed E-state index contributed by atoms with van der Waals surface area (Å²) in [7, 11) is 0. The normalized spacial score (nSPS) is 23.8. The molecule has 6 nitrogen and oxygen atoms in total. The van der Waals surface area contributed by atoms with Gasteiger partial charge in [-0.25, -0.2) is 4.68 Å². The van der Waals surface area contributed by atoms with Crippen molar-refractivity contribution < 1.29 is 9.84 Å². The lowest BCUT2D eigenvalue weighted by atomic mass is 9.96. The lowest BCUT2D eigenvalue weighted by Crippen LogP contribution is -2.24. The molecule has 2 atom stereocenters. The van der Waals surface area contributed by atoms with Crippen LogP contribution in [0.1, 0.15) is 32.4 Å². The second kappa shape index (κ2) is 4.70. The topological polar surface area (TPSA) is 80.1 Å². The summed E-state index contributed by atoms with van der Waals surface area (Å²) in [5.41, 5.74) is 0.606. The number of aromatic hydroxyl groups is 1. The predicted octanol–water partition coefficient (Wildman–Crippen LogP) is 1.77. The van der Waals surface area contributed by atoms with Gasteiger partial charge in [0.2, 0.25) is 0 Å². The Hall–Kier alpha value is -1.82. The molecular weight excluding hydrogens is 246 g/mol. The number of aromatic amines is 1. The first-order valence-corrected chi connectivity index (χ1v) is 6.60. The van der Waals surface area contributed by atoms with Crippen molar-refractivity contribution in [1.29, 1.82) is 0 Å². The average molecular weight is 263 g/mol. The standard InChI is InChI=1S/C13H17N3O3/c1-2-8-3-4-19-12(5-8)16-7-9-13(15-16)10(17)6-11(18)14-9/h6-8,12,17H,2-5H2,1H3,(H,14,18). The minimum atomic E-state index is -0.333. The molecule has 2 N–H and O–H groups in total. The van der Waals surface area contributed by atoms with E-state index in [4.69, 9.17) is 4.74 Å². The quantitative estimate of drug-likeness (QED) is 0.865. The van der Waals surface area contributed by atoms with Crippen LogP contribution in [-0.2, 0) is 4.74 Å². The predicted molar refractivity (Wildman–Crippen MR) is 70.0 cm³/mol. The van der Waals surface area contributed by atoms with E-state index in [2.05, 4.69) is 17.0 Å². The molecule has 1 saturated heterocycles. The summed E-state index contributed by atoms with van der Waals surface area (Å²) in [4.78, 5) is 14.0. The minimum Gasteiger partial charge on any atom is -0.505 e. The summed E-state index contributed by atoms with van der Waals surface area (Å²) in [6, 6.07) is 1.14. The number of H-pyrrole nitrogens is 1. The van der Waals surface area contributed by atoms with E-state index in [1.165, 1.54) is 0 Å². The Morgan fingerprint density at radius 3 is 3.26 bits per heavy atom. The third-order valence-electron chi connectivity index (χ3n) is 3.74. The highest BCUT2D eigenvalue weighted by Gasteiger charge is 2.24. The maximum atomic E-state index is 11.3. The zero-order chi connectivity index (χ0) is 13.4. The Balaban J connectivity index is 1.97. The largest absolute Gasteiger partial charge is 0.505 e. The Bertz CT molecular complexity index is 646. The van der Waals surface area contributed by atoms with Gasteiger partial charge in [-0.1, -0.05) is 13.3 Å². The Morgan fingerprint density at radius 2 is 2.47 bits per heavy atom. The Morgan fingerprint density at radius 1 is 1.63 bits per heavy atom. The van der Waals surface area contributed by atoms with Crippen LogP contribution >= 0.6 is 0 Å². The van der Waals surface area contributed by atoms with Crippen molar-refractivity contribution in [3.05, 3.63) is 22.6 Å². The molecule has 0 radical (unpaired) electrons. The molecule has 0 saturated carbocycles. The number of hydrogen-bond acceptors (Lipinski definition) is 4. The van der Waals surface area contributed by atoms with Crippen molar-refractivity contribution in [2.75, 3.05) is 6.61 Å². The molecule has 0 aromatic carbocycles. The third-order valence-corrected chi connectivity index (χ3v) is 3.74. The van der Waals surface area contributed by atoms with Crippen molar-refractivity contribution in [2.24, 2.45) is 5.92 Å². The fourth-order valence-corrected chi connectivity index (χ4v) is 2.58. The van der Waals surface area contributed by atoms with Gasteiger partial charge in [0, 0.05) is 12.7 Å². The molecule has 19 heavy (non-hydrogen) atoms. The summed E-state index contributed by atoms with van der Waals surface area (Å²) >= 11 is 0. The minimum absolute atomic E-state index is 0.0969. The summed E-state index contributed by atoms with van der Waals surface area (Å²) in [6.07, 6.45) is 4.72. The molecule has 3 rings (SSSR count). The molecule has 0 aliphatic carbocycles. The number of hydrogen-bond donors (Lipinski definition) is 2. The molecule has 102 valence electrons. The number of pyridine rings is 1. The molecule has 0 amide bonds. The molecule has 3 heterocycles. The fourth-order valence-electron chi connectivity index (χ4n) is 2.58. The smallest absolute Gasteiger partial charge is 0.252 e. The Labute approximate surface area is 110 Å². The van der Waals surface area contributed by atoms with Gasteiger partial charge in [0.05, 0.1) is 11.7 Å². The van der Waals surface area contributed by atoms with Crippen molar-refractivity contribution in [3.8, 4) is 5.75 Å². The van der Waals surface area contributed by atoms with Crippen LogP contribution in [-0.4, -0.2) is 26.5 Å². The third kappa shape index (κ3) is 2.23. The lowest BCUT2D eigenvalue weighted by molar-refractivity contribution is -0.0608. The summed E-state index contributed by atoms with van der Waals surface area (Å²) in [5, 5.41) is 14.0. The maximum absolute atomic E-state index is 11.3. The molecule has 1 fully saturated rings. The van der Waals surface area contributed by atoms with E-state index < -0.39 is 0 Å². The lowest BCUT2D eigenvalue weighted by Gasteiger charge is -2.28. The van der Waals surface area contributed by atoms with E-state index in [9.17, 15) is 9.90 Å². The monoisotopic (exact) mass is 263 g/mol. The van der Waals surface area contributed by atoms with Gasteiger partial charge in [-0.2, -0.15) is 5.10 Å². The van der Waals surface area contributed by atoms with Crippen molar-refractivity contribution >= 4 is 11.0 Å². The van der Waals surface area contributed by atoms with Crippen molar-refractivity contribution in [2.45, 2.75) is 32.4 Å². The highest BCUT2D eigenvalue weighted by molar-refractivity contribution is 5.79. The Kier molecular flexibility index (Phi) is 3.02. The van der Waals surface area contributed by atoms with Gasteiger partial charge < -0.3 is 14.8 Å². The molecule has 0 bridgehead atoms. The van der Waals surface area contributed by atoms with Gasteiger partial charge in [-0.05, 0) is 18.8 Å². The summed E-state index contributed by atoms with van der Waals surface area (Å²) in [6.45, 7) is 2.90. The van der Waals surface area contributed by atoms with Gasteiger partial charge in [0.1, 0.15) is 0 Å². The summed E-state index contributed by atoms with van der Waals surface area (Å²) < 4.78 is 7.42. The van der Waals surface area contributed by atoms with E-state index in [1.807, 2.05) is 0 Å². The van der Waals surface area contributed by atoms with E-state index >= 15 is 0 Å². The van der Waals surface area contributed by atoms with Crippen LogP contribution in [0.3, 0.4) is 0 Å². The highest BCUT2D eigenvalue weighted by Crippen LogP contribution is 2.30. The molecular formula is C13H17N3O3. The molecule has 0 spiro atoms. The van der Waals surface area contributed by atoms with Gasteiger partial charge >= 0.3 is 0 Å². The first-order valence-electron chi connectivity index (χ1n) is 6.60. The van der Waals surface area contributed by atoms with Crippen LogP contribution < -0.4 is 5.56 Å².